The maximum Gasteiger partial charge on any atom is 0.126 e. The molecule has 0 heterocycles. The molecule has 1 heteroatoms. The first kappa shape index (κ1) is 15.1. The highest BCUT2D eigenvalue weighted by Crippen LogP contribution is 2.45. The fraction of sp³-hybridized carbons (Fsp3) is 0.944. The van der Waals surface area contributed by atoms with Crippen LogP contribution in [0.2, 0.25) is 0 Å². The van der Waals surface area contributed by atoms with Gasteiger partial charge in [0.05, 0.1) is 0 Å². The lowest BCUT2D eigenvalue weighted by atomic mass is 9.65. The average molecular weight is 264 g/mol. The van der Waals surface area contributed by atoms with Gasteiger partial charge in [-0.05, 0) is 31.1 Å². The Morgan fingerprint density at radius 3 is 2.26 bits per heavy atom. The summed E-state index contributed by atoms with van der Waals surface area (Å²) >= 11 is 0. The van der Waals surface area contributed by atoms with Gasteiger partial charge in [-0.2, -0.15) is 0 Å². The molecule has 19 heavy (non-hydrogen) atoms. The number of aldehydes is 1. The predicted octanol–water partition coefficient (Wildman–Crippen LogP) is 5.52. The standard InChI is InChI=1S/C18H32O/c1-2-9-17(16-10-5-3-6-11-16)14-18(15-19)12-7-4-8-13-18/h15-17H,2-14H2,1H3. The molecule has 0 aromatic carbocycles. The van der Waals surface area contributed by atoms with E-state index in [1.165, 1.54) is 89.8 Å². The van der Waals surface area contributed by atoms with E-state index in [1.54, 1.807) is 0 Å². The fourth-order valence-corrected chi connectivity index (χ4v) is 4.63. The molecule has 110 valence electrons. The van der Waals surface area contributed by atoms with Crippen molar-refractivity contribution in [1.82, 2.24) is 0 Å². The smallest absolute Gasteiger partial charge is 0.126 e. The minimum Gasteiger partial charge on any atom is -0.303 e. The van der Waals surface area contributed by atoms with Crippen LogP contribution in [0.1, 0.15) is 90.4 Å². The highest BCUT2D eigenvalue weighted by atomic mass is 16.1. The molecule has 0 bridgehead atoms. The normalized spacial score (nSPS) is 25.9. The van der Waals surface area contributed by atoms with Gasteiger partial charge in [0, 0.05) is 5.41 Å². The molecule has 1 nitrogen and oxygen atoms in total. The van der Waals surface area contributed by atoms with Gasteiger partial charge in [0.1, 0.15) is 6.29 Å². The number of hydrogen-bond acceptors (Lipinski definition) is 1. The highest BCUT2D eigenvalue weighted by Gasteiger charge is 2.36. The van der Waals surface area contributed by atoms with E-state index in [1.807, 2.05) is 0 Å². The Bertz CT molecular complexity index is 259. The molecule has 0 aromatic rings. The lowest BCUT2D eigenvalue weighted by Crippen LogP contribution is -2.31. The van der Waals surface area contributed by atoms with E-state index in [0.29, 0.717) is 0 Å². The van der Waals surface area contributed by atoms with Gasteiger partial charge in [0.2, 0.25) is 0 Å². The van der Waals surface area contributed by atoms with Crippen molar-refractivity contribution in [1.29, 1.82) is 0 Å². The van der Waals surface area contributed by atoms with Crippen molar-refractivity contribution >= 4 is 6.29 Å². The molecular formula is C18H32O. The van der Waals surface area contributed by atoms with Gasteiger partial charge in [-0.3, -0.25) is 0 Å². The van der Waals surface area contributed by atoms with Crippen molar-refractivity contribution in [3.05, 3.63) is 0 Å². The minimum absolute atomic E-state index is 0.0650. The molecule has 0 saturated heterocycles. The van der Waals surface area contributed by atoms with Gasteiger partial charge in [-0.15, -0.1) is 0 Å². The number of hydrogen-bond donors (Lipinski definition) is 0. The molecule has 0 spiro atoms. The molecule has 1 unspecified atom stereocenters. The topological polar surface area (TPSA) is 17.1 Å². The van der Waals surface area contributed by atoms with Crippen LogP contribution in [-0.4, -0.2) is 6.29 Å². The lowest BCUT2D eigenvalue weighted by molar-refractivity contribution is -0.119. The molecule has 0 aromatic heterocycles. The monoisotopic (exact) mass is 264 g/mol. The van der Waals surface area contributed by atoms with E-state index in [2.05, 4.69) is 6.92 Å². The van der Waals surface area contributed by atoms with Gasteiger partial charge < -0.3 is 4.79 Å². The van der Waals surface area contributed by atoms with Crippen molar-refractivity contribution in [3.63, 3.8) is 0 Å². The average Bonchev–Trinajstić information content (AvgIpc) is 2.49. The SMILES string of the molecule is CCCC(CC1(C=O)CCCCC1)C1CCCCC1. The lowest BCUT2D eigenvalue weighted by Gasteiger charge is -2.39. The third kappa shape index (κ3) is 4.07. The van der Waals surface area contributed by atoms with Gasteiger partial charge >= 0.3 is 0 Å². The number of carbonyl (C=O) groups excluding carboxylic acids is 1. The van der Waals surface area contributed by atoms with E-state index >= 15 is 0 Å². The first-order chi connectivity index (χ1) is 9.29. The molecule has 0 amide bonds. The van der Waals surface area contributed by atoms with Crippen molar-refractivity contribution in [2.24, 2.45) is 17.3 Å². The van der Waals surface area contributed by atoms with Crippen LogP contribution in [-0.2, 0) is 4.79 Å². The van der Waals surface area contributed by atoms with Crippen molar-refractivity contribution in [2.75, 3.05) is 0 Å². The van der Waals surface area contributed by atoms with Crippen LogP contribution in [0.4, 0.5) is 0 Å². The third-order valence-electron chi connectivity index (χ3n) is 5.74. The summed E-state index contributed by atoms with van der Waals surface area (Å²) in [6, 6.07) is 0. The zero-order valence-corrected chi connectivity index (χ0v) is 12.8. The Labute approximate surface area is 119 Å². The summed E-state index contributed by atoms with van der Waals surface area (Å²) in [5.74, 6) is 1.75. The van der Waals surface area contributed by atoms with Crippen LogP contribution in [0, 0.1) is 17.3 Å². The Hall–Kier alpha value is -0.330. The number of carbonyl (C=O) groups is 1. The zero-order chi connectivity index (χ0) is 13.6. The Morgan fingerprint density at radius 2 is 1.68 bits per heavy atom. The predicted molar refractivity (Wildman–Crippen MR) is 81.2 cm³/mol. The summed E-state index contributed by atoms with van der Waals surface area (Å²) in [5.41, 5.74) is 0.0650. The summed E-state index contributed by atoms with van der Waals surface area (Å²) in [5, 5.41) is 0. The Balaban J connectivity index is 1.98. The summed E-state index contributed by atoms with van der Waals surface area (Å²) in [6.45, 7) is 2.31. The Kier molecular flexibility index (Phi) is 5.91. The fourth-order valence-electron chi connectivity index (χ4n) is 4.63. The highest BCUT2D eigenvalue weighted by molar-refractivity contribution is 5.59. The van der Waals surface area contributed by atoms with E-state index in [4.69, 9.17) is 0 Å². The summed E-state index contributed by atoms with van der Waals surface area (Å²) in [4.78, 5) is 11.7. The molecule has 2 rings (SSSR count). The van der Waals surface area contributed by atoms with Crippen LogP contribution in [0.25, 0.3) is 0 Å². The van der Waals surface area contributed by atoms with Crippen LogP contribution in [0.15, 0.2) is 0 Å². The summed E-state index contributed by atoms with van der Waals surface area (Å²) in [6.07, 6.45) is 18.6. The van der Waals surface area contributed by atoms with Crippen LogP contribution < -0.4 is 0 Å². The van der Waals surface area contributed by atoms with Gasteiger partial charge in [-0.1, -0.05) is 71.1 Å². The van der Waals surface area contributed by atoms with Crippen molar-refractivity contribution in [2.45, 2.75) is 90.4 Å². The van der Waals surface area contributed by atoms with Gasteiger partial charge in [0.25, 0.3) is 0 Å². The summed E-state index contributed by atoms with van der Waals surface area (Å²) in [7, 11) is 0. The van der Waals surface area contributed by atoms with Crippen LogP contribution in [0.3, 0.4) is 0 Å². The quantitative estimate of drug-likeness (QED) is 0.577. The van der Waals surface area contributed by atoms with Crippen LogP contribution >= 0.6 is 0 Å². The first-order valence-electron chi connectivity index (χ1n) is 8.76. The molecule has 1 atom stereocenters. The second-order valence-corrected chi connectivity index (χ2v) is 7.19. The Morgan fingerprint density at radius 1 is 1.05 bits per heavy atom. The van der Waals surface area contributed by atoms with Crippen LogP contribution in [0.5, 0.6) is 0 Å². The molecule has 0 N–H and O–H groups in total. The molecule has 0 radical (unpaired) electrons. The third-order valence-corrected chi connectivity index (χ3v) is 5.74. The molecular weight excluding hydrogens is 232 g/mol. The molecule has 2 aliphatic rings. The second kappa shape index (κ2) is 7.45. The molecule has 0 aliphatic heterocycles. The second-order valence-electron chi connectivity index (χ2n) is 7.19. The maximum atomic E-state index is 11.7. The van der Waals surface area contributed by atoms with Crippen molar-refractivity contribution in [3.8, 4) is 0 Å². The zero-order valence-electron chi connectivity index (χ0n) is 12.8. The maximum absolute atomic E-state index is 11.7. The van der Waals surface area contributed by atoms with Gasteiger partial charge in [-0.25, -0.2) is 0 Å². The van der Waals surface area contributed by atoms with E-state index in [-0.39, 0.29) is 5.41 Å². The minimum atomic E-state index is 0.0650. The van der Waals surface area contributed by atoms with E-state index < -0.39 is 0 Å². The van der Waals surface area contributed by atoms with E-state index in [0.717, 1.165) is 11.8 Å². The largest absolute Gasteiger partial charge is 0.303 e. The van der Waals surface area contributed by atoms with Crippen molar-refractivity contribution < 1.29 is 4.79 Å². The first-order valence-corrected chi connectivity index (χ1v) is 8.76. The summed E-state index contributed by atoms with van der Waals surface area (Å²) < 4.78 is 0. The molecule has 2 saturated carbocycles. The molecule has 2 fully saturated rings. The number of rotatable bonds is 6. The molecule has 2 aliphatic carbocycles. The van der Waals surface area contributed by atoms with E-state index in [9.17, 15) is 4.79 Å². The van der Waals surface area contributed by atoms with Gasteiger partial charge in [0.15, 0.2) is 0 Å².